The number of carbonyl (C=O) groups is 3. The summed E-state index contributed by atoms with van der Waals surface area (Å²) in [5.74, 6) is -2.30. The van der Waals surface area contributed by atoms with Gasteiger partial charge in [0.2, 0.25) is 0 Å². The van der Waals surface area contributed by atoms with Gasteiger partial charge in [-0.3, -0.25) is 9.59 Å². The van der Waals surface area contributed by atoms with Crippen LogP contribution in [0.25, 0.3) is 0 Å². The standard InChI is InChI=1S/C9H16N2O5/c1-9(2,3)11-8(15)16-6(12)4-5(10)7(13)14/h5H,4,10H2,1-3H3,(H,11,15)(H,13,14)/t5-/m0/s1. The highest BCUT2D eigenvalue weighted by Crippen LogP contribution is 2.00. The molecule has 0 unspecified atom stereocenters. The Balaban J connectivity index is 4.07. The number of aliphatic carboxylic acids is 1. The van der Waals surface area contributed by atoms with Gasteiger partial charge in [-0.1, -0.05) is 0 Å². The summed E-state index contributed by atoms with van der Waals surface area (Å²) < 4.78 is 4.31. The van der Waals surface area contributed by atoms with Gasteiger partial charge in [-0.15, -0.1) is 0 Å². The van der Waals surface area contributed by atoms with E-state index in [0.29, 0.717) is 0 Å². The lowest BCUT2D eigenvalue weighted by Crippen LogP contribution is -2.42. The molecular formula is C9H16N2O5. The SMILES string of the molecule is CC(C)(C)NC(=O)OC(=O)C[C@H](N)C(=O)O. The second-order valence-corrected chi connectivity index (χ2v) is 4.29. The van der Waals surface area contributed by atoms with E-state index >= 15 is 0 Å². The number of esters is 1. The van der Waals surface area contributed by atoms with Crippen molar-refractivity contribution >= 4 is 18.0 Å². The molecule has 4 N–H and O–H groups in total. The molecule has 0 aromatic rings. The van der Waals surface area contributed by atoms with Crippen molar-refractivity contribution in [2.75, 3.05) is 0 Å². The summed E-state index contributed by atoms with van der Waals surface area (Å²) in [6.07, 6.45) is -1.47. The molecule has 0 aromatic heterocycles. The third-order valence-corrected chi connectivity index (χ3v) is 1.39. The molecule has 0 aliphatic heterocycles. The van der Waals surface area contributed by atoms with Gasteiger partial charge in [0.25, 0.3) is 0 Å². The smallest absolute Gasteiger partial charge is 0.415 e. The average Bonchev–Trinajstić information content (AvgIpc) is 1.98. The number of carboxylic acid groups (broad SMARTS) is 1. The zero-order valence-corrected chi connectivity index (χ0v) is 9.44. The predicted octanol–water partition coefficient (Wildman–Crippen LogP) is -0.160. The maximum atomic E-state index is 11.1. The molecule has 0 fully saturated rings. The van der Waals surface area contributed by atoms with E-state index in [1.807, 2.05) is 0 Å². The van der Waals surface area contributed by atoms with Crippen LogP contribution in [0.1, 0.15) is 27.2 Å². The molecule has 0 saturated heterocycles. The number of hydrogen-bond donors (Lipinski definition) is 3. The van der Waals surface area contributed by atoms with Crippen LogP contribution in [0.15, 0.2) is 0 Å². The van der Waals surface area contributed by atoms with Crippen LogP contribution in [0.2, 0.25) is 0 Å². The molecule has 7 nitrogen and oxygen atoms in total. The Kier molecular flexibility index (Phi) is 4.90. The number of nitrogens with two attached hydrogens (primary N) is 1. The van der Waals surface area contributed by atoms with Crippen LogP contribution < -0.4 is 11.1 Å². The first kappa shape index (κ1) is 14.4. The van der Waals surface area contributed by atoms with E-state index in [1.54, 1.807) is 20.8 Å². The number of carboxylic acids is 1. The maximum Gasteiger partial charge on any atom is 0.415 e. The van der Waals surface area contributed by atoms with Crippen LogP contribution in [0.3, 0.4) is 0 Å². The molecule has 1 atom stereocenters. The summed E-state index contributed by atoms with van der Waals surface area (Å²) in [5.41, 5.74) is 4.55. The fourth-order valence-electron chi connectivity index (χ4n) is 0.744. The molecule has 0 aromatic carbocycles. The first-order valence-corrected chi connectivity index (χ1v) is 4.63. The summed E-state index contributed by atoms with van der Waals surface area (Å²) in [5, 5.41) is 10.8. The highest BCUT2D eigenvalue weighted by molar-refractivity contribution is 5.88. The highest BCUT2D eigenvalue weighted by atomic mass is 16.6. The van der Waals surface area contributed by atoms with Crippen molar-refractivity contribution in [1.29, 1.82) is 0 Å². The molecule has 0 rings (SSSR count). The van der Waals surface area contributed by atoms with Crippen LogP contribution in [0.5, 0.6) is 0 Å². The average molecular weight is 232 g/mol. The number of carbonyl (C=O) groups excluding carboxylic acids is 2. The Labute approximate surface area is 92.9 Å². The summed E-state index contributed by atoms with van der Waals surface area (Å²) >= 11 is 0. The van der Waals surface area contributed by atoms with Gasteiger partial charge in [0.15, 0.2) is 0 Å². The van der Waals surface area contributed by atoms with E-state index in [1.165, 1.54) is 0 Å². The molecule has 0 heterocycles. The van der Waals surface area contributed by atoms with E-state index in [-0.39, 0.29) is 0 Å². The minimum atomic E-state index is -1.37. The fourth-order valence-corrected chi connectivity index (χ4v) is 0.744. The Morgan fingerprint density at radius 1 is 1.38 bits per heavy atom. The van der Waals surface area contributed by atoms with Gasteiger partial charge in [0, 0.05) is 5.54 Å². The lowest BCUT2D eigenvalue weighted by Gasteiger charge is -2.19. The summed E-state index contributed by atoms with van der Waals surface area (Å²) in [4.78, 5) is 32.4. The second-order valence-electron chi connectivity index (χ2n) is 4.29. The molecule has 1 amide bonds. The number of amides is 1. The Morgan fingerprint density at radius 2 is 1.88 bits per heavy atom. The third-order valence-electron chi connectivity index (χ3n) is 1.39. The van der Waals surface area contributed by atoms with Crippen molar-refractivity contribution < 1.29 is 24.2 Å². The van der Waals surface area contributed by atoms with E-state index in [9.17, 15) is 14.4 Å². The lowest BCUT2D eigenvalue weighted by atomic mass is 10.1. The number of nitrogens with one attached hydrogen (secondary N) is 1. The summed E-state index contributed by atoms with van der Waals surface area (Å²) in [7, 11) is 0. The lowest BCUT2D eigenvalue weighted by molar-refractivity contribution is -0.145. The molecule has 7 heteroatoms. The molecule has 0 saturated carbocycles. The monoisotopic (exact) mass is 232 g/mol. The third kappa shape index (κ3) is 6.77. The van der Waals surface area contributed by atoms with E-state index in [0.717, 1.165) is 0 Å². The Hall–Kier alpha value is -1.63. The number of rotatable bonds is 3. The van der Waals surface area contributed by atoms with Crippen molar-refractivity contribution in [1.82, 2.24) is 5.32 Å². The second kappa shape index (κ2) is 5.45. The number of alkyl carbamates (subject to hydrolysis) is 1. The minimum absolute atomic E-state index is 0.535. The molecule has 0 bridgehead atoms. The van der Waals surface area contributed by atoms with Gasteiger partial charge in [-0.05, 0) is 20.8 Å². The van der Waals surface area contributed by atoms with Gasteiger partial charge in [-0.25, -0.2) is 4.79 Å². The van der Waals surface area contributed by atoms with E-state index in [4.69, 9.17) is 10.8 Å². The highest BCUT2D eigenvalue weighted by Gasteiger charge is 2.21. The molecule has 0 aliphatic carbocycles. The normalized spacial score (nSPS) is 12.8. The molecule has 0 aliphatic rings. The van der Waals surface area contributed by atoms with Gasteiger partial charge in [0.1, 0.15) is 6.04 Å². The van der Waals surface area contributed by atoms with Crippen LogP contribution in [0.4, 0.5) is 4.79 Å². The predicted molar refractivity (Wildman–Crippen MR) is 54.6 cm³/mol. The Morgan fingerprint density at radius 3 is 2.25 bits per heavy atom. The first-order chi connectivity index (χ1) is 7.11. The van der Waals surface area contributed by atoms with E-state index in [2.05, 4.69) is 10.1 Å². The fraction of sp³-hybridized carbons (Fsp3) is 0.667. The van der Waals surface area contributed by atoms with Crippen LogP contribution in [-0.4, -0.2) is 34.7 Å². The van der Waals surface area contributed by atoms with Crippen molar-refractivity contribution in [2.24, 2.45) is 5.73 Å². The van der Waals surface area contributed by atoms with Crippen molar-refractivity contribution in [3.8, 4) is 0 Å². The van der Waals surface area contributed by atoms with Crippen LogP contribution in [0, 0.1) is 0 Å². The van der Waals surface area contributed by atoms with Gasteiger partial charge in [-0.2, -0.15) is 0 Å². The van der Waals surface area contributed by atoms with Gasteiger partial charge < -0.3 is 20.9 Å². The topological polar surface area (TPSA) is 119 Å². The molecule has 92 valence electrons. The quantitative estimate of drug-likeness (QED) is 0.459. The Bertz CT molecular complexity index is 295. The minimum Gasteiger partial charge on any atom is -0.480 e. The first-order valence-electron chi connectivity index (χ1n) is 4.63. The van der Waals surface area contributed by atoms with Gasteiger partial charge >= 0.3 is 18.0 Å². The molecule has 0 spiro atoms. The molecule has 16 heavy (non-hydrogen) atoms. The maximum absolute atomic E-state index is 11.1. The number of ether oxygens (including phenoxy) is 1. The molecule has 0 radical (unpaired) electrons. The van der Waals surface area contributed by atoms with Crippen molar-refractivity contribution in [3.05, 3.63) is 0 Å². The zero-order valence-electron chi connectivity index (χ0n) is 9.44. The number of hydrogen-bond acceptors (Lipinski definition) is 5. The van der Waals surface area contributed by atoms with Crippen LogP contribution >= 0.6 is 0 Å². The van der Waals surface area contributed by atoms with Crippen molar-refractivity contribution in [3.63, 3.8) is 0 Å². The zero-order chi connectivity index (χ0) is 12.9. The van der Waals surface area contributed by atoms with Gasteiger partial charge in [0.05, 0.1) is 6.42 Å². The summed E-state index contributed by atoms with van der Waals surface area (Å²) in [6.45, 7) is 5.13. The van der Waals surface area contributed by atoms with Crippen LogP contribution in [-0.2, 0) is 14.3 Å². The molecular weight excluding hydrogens is 216 g/mol. The summed E-state index contributed by atoms with van der Waals surface area (Å²) in [6, 6.07) is -1.37. The largest absolute Gasteiger partial charge is 0.480 e. The van der Waals surface area contributed by atoms with Crippen molar-refractivity contribution in [2.45, 2.75) is 38.8 Å². The van der Waals surface area contributed by atoms with E-state index < -0.39 is 36.0 Å².